The number of nitrogens with one attached hydrogen (secondary N) is 1. The summed E-state index contributed by atoms with van der Waals surface area (Å²) in [5.41, 5.74) is 1.78. The van der Waals surface area contributed by atoms with E-state index < -0.39 is 5.97 Å². The van der Waals surface area contributed by atoms with E-state index in [0.29, 0.717) is 11.4 Å². The Morgan fingerprint density at radius 2 is 1.87 bits per heavy atom. The largest absolute Gasteiger partial charge is 0.484 e. The van der Waals surface area contributed by atoms with Crippen molar-refractivity contribution < 1.29 is 19.4 Å². The maximum Gasteiger partial charge on any atom is 0.335 e. The predicted molar refractivity (Wildman–Crippen MR) is 88.0 cm³/mol. The lowest BCUT2D eigenvalue weighted by molar-refractivity contribution is -0.118. The number of aromatic carboxylic acids is 1. The molecule has 0 saturated carbocycles. The first-order valence-electron chi connectivity index (χ1n) is 7.43. The van der Waals surface area contributed by atoms with Gasteiger partial charge < -0.3 is 15.2 Å². The van der Waals surface area contributed by atoms with Gasteiger partial charge in [0.05, 0.1) is 5.56 Å². The molecule has 5 heteroatoms. The Hall–Kier alpha value is -2.82. The van der Waals surface area contributed by atoms with E-state index in [9.17, 15) is 9.59 Å². The monoisotopic (exact) mass is 313 g/mol. The van der Waals surface area contributed by atoms with Gasteiger partial charge in [-0.1, -0.05) is 31.5 Å². The topological polar surface area (TPSA) is 75.6 Å². The second-order valence-electron chi connectivity index (χ2n) is 5.12. The molecule has 0 unspecified atom stereocenters. The van der Waals surface area contributed by atoms with Gasteiger partial charge in [0, 0.05) is 5.69 Å². The molecule has 0 radical (unpaired) electrons. The summed E-state index contributed by atoms with van der Waals surface area (Å²) in [5, 5.41) is 11.5. The molecule has 0 aromatic heterocycles. The van der Waals surface area contributed by atoms with Crippen LogP contribution in [-0.4, -0.2) is 23.6 Å². The standard InChI is InChI=1S/C18H19NO4/c1-2-4-13-7-9-16(10-8-13)23-12-17(20)19-15-6-3-5-14(11-15)18(21)22/h3,5-11H,2,4,12H2,1H3,(H,19,20)(H,21,22). The lowest BCUT2D eigenvalue weighted by Gasteiger charge is -2.08. The number of hydrogen-bond acceptors (Lipinski definition) is 3. The van der Waals surface area contributed by atoms with Crippen LogP contribution >= 0.6 is 0 Å². The molecular formula is C18H19NO4. The fourth-order valence-electron chi connectivity index (χ4n) is 2.12. The highest BCUT2D eigenvalue weighted by Gasteiger charge is 2.07. The first-order valence-corrected chi connectivity index (χ1v) is 7.43. The molecule has 0 atom stereocenters. The van der Waals surface area contributed by atoms with Crippen LogP contribution in [0.15, 0.2) is 48.5 Å². The van der Waals surface area contributed by atoms with Crippen molar-refractivity contribution in [3.05, 3.63) is 59.7 Å². The number of aryl methyl sites for hydroxylation is 1. The molecule has 2 rings (SSSR count). The third-order valence-corrected chi connectivity index (χ3v) is 3.23. The highest BCUT2D eigenvalue weighted by molar-refractivity contribution is 5.94. The van der Waals surface area contributed by atoms with Crippen molar-refractivity contribution >= 4 is 17.6 Å². The summed E-state index contributed by atoms with van der Waals surface area (Å²) < 4.78 is 5.42. The lowest BCUT2D eigenvalue weighted by Crippen LogP contribution is -2.20. The zero-order chi connectivity index (χ0) is 16.7. The average Bonchev–Trinajstić information content (AvgIpc) is 2.55. The highest BCUT2D eigenvalue weighted by atomic mass is 16.5. The summed E-state index contributed by atoms with van der Waals surface area (Å²) in [7, 11) is 0. The fourth-order valence-corrected chi connectivity index (χ4v) is 2.12. The number of carboxylic acids is 1. The number of benzene rings is 2. The Morgan fingerprint density at radius 1 is 1.13 bits per heavy atom. The summed E-state index contributed by atoms with van der Waals surface area (Å²) in [4.78, 5) is 22.7. The van der Waals surface area contributed by atoms with Crippen LogP contribution in [0.2, 0.25) is 0 Å². The van der Waals surface area contributed by atoms with Gasteiger partial charge in [0.15, 0.2) is 6.61 Å². The van der Waals surface area contributed by atoms with Crippen LogP contribution in [0, 0.1) is 0 Å². The minimum absolute atomic E-state index is 0.121. The fraction of sp³-hybridized carbons (Fsp3) is 0.222. The Bertz CT molecular complexity index is 680. The van der Waals surface area contributed by atoms with Gasteiger partial charge in [-0.3, -0.25) is 4.79 Å². The number of carbonyl (C=O) groups is 2. The minimum Gasteiger partial charge on any atom is -0.484 e. The highest BCUT2D eigenvalue weighted by Crippen LogP contribution is 2.14. The first-order chi connectivity index (χ1) is 11.1. The van der Waals surface area contributed by atoms with Gasteiger partial charge in [-0.25, -0.2) is 4.79 Å². The Balaban J connectivity index is 1.87. The molecule has 0 aliphatic heterocycles. The van der Waals surface area contributed by atoms with Gasteiger partial charge in [-0.15, -0.1) is 0 Å². The van der Waals surface area contributed by atoms with E-state index >= 15 is 0 Å². The van der Waals surface area contributed by atoms with E-state index in [4.69, 9.17) is 9.84 Å². The van der Waals surface area contributed by atoms with Crippen molar-refractivity contribution in [2.45, 2.75) is 19.8 Å². The van der Waals surface area contributed by atoms with Gasteiger partial charge in [-0.2, -0.15) is 0 Å². The Labute approximate surface area is 134 Å². The van der Waals surface area contributed by atoms with E-state index in [2.05, 4.69) is 12.2 Å². The molecule has 5 nitrogen and oxygen atoms in total. The third kappa shape index (κ3) is 5.14. The molecule has 0 aliphatic rings. The number of rotatable bonds is 7. The van der Waals surface area contributed by atoms with Gasteiger partial charge in [0.25, 0.3) is 5.91 Å². The number of ether oxygens (including phenoxy) is 1. The molecule has 120 valence electrons. The molecule has 0 aliphatic carbocycles. The molecule has 0 saturated heterocycles. The van der Waals surface area contributed by atoms with Gasteiger partial charge >= 0.3 is 5.97 Å². The summed E-state index contributed by atoms with van der Waals surface area (Å²) in [6, 6.07) is 13.7. The molecule has 2 aromatic carbocycles. The van der Waals surface area contributed by atoms with Crippen molar-refractivity contribution in [2.75, 3.05) is 11.9 Å². The molecule has 1 amide bonds. The SMILES string of the molecule is CCCc1ccc(OCC(=O)Nc2cccc(C(=O)O)c2)cc1. The minimum atomic E-state index is -1.04. The predicted octanol–water partition coefficient (Wildman–Crippen LogP) is 3.35. The molecule has 0 bridgehead atoms. The van der Waals surface area contributed by atoms with Gasteiger partial charge in [0.1, 0.15) is 5.75 Å². The zero-order valence-corrected chi connectivity index (χ0v) is 12.9. The Morgan fingerprint density at radius 3 is 2.52 bits per heavy atom. The first kappa shape index (κ1) is 16.5. The van der Waals surface area contributed by atoms with Crippen LogP contribution in [0.4, 0.5) is 5.69 Å². The van der Waals surface area contributed by atoms with Crippen molar-refractivity contribution in [2.24, 2.45) is 0 Å². The molecule has 0 heterocycles. The summed E-state index contributed by atoms with van der Waals surface area (Å²) >= 11 is 0. The van der Waals surface area contributed by atoms with E-state index in [1.54, 1.807) is 12.1 Å². The van der Waals surface area contributed by atoms with E-state index in [-0.39, 0.29) is 18.1 Å². The van der Waals surface area contributed by atoms with Gasteiger partial charge in [0.2, 0.25) is 0 Å². The van der Waals surface area contributed by atoms with Crippen molar-refractivity contribution in [1.29, 1.82) is 0 Å². The molecule has 0 spiro atoms. The third-order valence-electron chi connectivity index (χ3n) is 3.23. The number of hydrogen-bond donors (Lipinski definition) is 2. The lowest BCUT2D eigenvalue weighted by atomic mass is 10.1. The second kappa shape index (κ2) is 7.98. The normalized spacial score (nSPS) is 10.1. The number of amides is 1. The van der Waals surface area contributed by atoms with E-state index in [1.807, 2.05) is 24.3 Å². The maximum atomic E-state index is 11.9. The van der Waals surface area contributed by atoms with E-state index in [0.717, 1.165) is 12.8 Å². The smallest absolute Gasteiger partial charge is 0.335 e. The summed E-state index contributed by atoms with van der Waals surface area (Å²) in [6.45, 7) is 1.98. The van der Waals surface area contributed by atoms with Crippen molar-refractivity contribution in [3.8, 4) is 5.75 Å². The quantitative estimate of drug-likeness (QED) is 0.822. The molecule has 23 heavy (non-hydrogen) atoms. The number of anilines is 1. The molecular weight excluding hydrogens is 294 g/mol. The zero-order valence-electron chi connectivity index (χ0n) is 12.9. The summed E-state index contributed by atoms with van der Waals surface area (Å²) in [5.74, 6) is -0.756. The van der Waals surface area contributed by atoms with E-state index in [1.165, 1.54) is 17.7 Å². The molecule has 0 fully saturated rings. The van der Waals surface area contributed by atoms with Crippen LogP contribution in [0.1, 0.15) is 29.3 Å². The molecule has 2 aromatic rings. The van der Waals surface area contributed by atoms with Crippen molar-refractivity contribution in [3.63, 3.8) is 0 Å². The van der Waals surface area contributed by atoms with Gasteiger partial charge in [-0.05, 0) is 42.3 Å². The maximum absolute atomic E-state index is 11.9. The van der Waals surface area contributed by atoms with Crippen LogP contribution in [-0.2, 0) is 11.2 Å². The van der Waals surface area contributed by atoms with Crippen LogP contribution in [0.5, 0.6) is 5.75 Å². The molecule has 2 N–H and O–H groups in total. The van der Waals surface area contributed by atoms with Crippen LogP contribution < -0.4 is 10.1 Å². The summed E-state index contributed by atoms with van der Waals surface area (Å²) in [6.07, 6.45) is 2.10. The van der Waals surface area contributed by atoms with Crippen LogP contribution in [0.3, 0.4) is 0 Å². The van der Waals surface area contributed by atoms with Crippen molar-refractivity contribution in [1.82, 2.24) is 0 Å². The average molecular weight is 313 g/mol. The number of carboxylic acid groups (broad SMARTS) is 1. The Kier molecular flexibility index (Phi) is 5.74. The second-order valence-corrected chi connectivity index (χ2v) is 5.12. The van der Waals surface area contributed by atoms with Crippen LogP contribution in [0.25, 0.3) is 0 Å². The number of carbonyl (C=O) groups excluding carboxylic acids is 1.